The van der Waals surface area contributed by atoms with E-state index >= 15 is 0 Å². The highest BCUT2D eigenvalue weighted by Gasteiger charge is 2.15. The van der Waals surface area contributed by atoms with Gasteiger partial charge in [0.05, 0.1) is 12.6 Å². The Morgan fingerprint density at radius 1 is 1.40 bits per heavy atom. The van der Waals surface area contributed by atoms with Crippen molar-refractivity contribution in [2.45, 2.75) is 19.9 Å². The number of amides is 1. The Bertz CT molecular complexity index is 186. The Balaban J connectivity index is 4.04. The molecule has 0 heterocycles. The Labute approximate surface area is 91.7 Å². The van der Waals surface area contributed by atoms with E-state index in [0.717, 1.165) is 13.1 Å². The topological polar surface area (TPSA) is 81.6 Å². The van der Waals surface area contributed by atoms with Gasteiger partial charge in [0.15, 0.2) is 0 Å². The average Bonchev–Trinajstić information content (AvgIpc) is 2.13. The molecule has 0 aromatic carbocycles. The summed E-state index contributed by atoms with van der Waals surface area (Å²) in [6.45, 7) is 7.04. The van der Waals surface area contributed by atoms with E-state index in [1.165, 1.54) is 0 Å². The zero-order valence-corrected chi connectivity index (χ0v) is 9.90. The molecule has 90 valence electrons. The summed E-state index contributed by atoms with van der Waals surface area (Å²) in [5, 5.41) is 0. The van der Waals surface area contributed by atoms with Crippen molar-refractivity contribution in [2.75, 3.05) is 33.4 Å². The van der Waals surface area contributed by atoms with E-state index in [0.29, 0.717) is 19.1 Å². The van der Waals surface area contributed by atoms with E-state index in [2.05, 4.69) is 18.7 Å². The van der Waals surface area contributed by atoms with Crippen molar-refractivity contribution in [2.24, 2.45) is 17.4 Å². The maximum atomic E-state index is 10.8. The highest BCUT2D eigenvalue weighted by Crippen LogP contribution is 1.99. The SMILES string of the molecule is COCCN(CC(C)C)CC(N)C(N)=O. The summed E-state index contributed by atoms with van der Waals surface area (Å²) in [6, 6.07) is -0.597. The van der Waals surface area contributed by atoms with E-state index in [-0.39, 0.29) is 0 Å². The first-order valence-corrected chi connectivity index (χ1v) is 5.23. The van der Waals surface area contributed by atoms with E-state index in [9.17, 15) is 4.79 Å². The molecule has 0 bridgehead atoms. The molecule has 0 aliphatic rings. The summed E-state index contributed by atoms with van der Waals surface area (Å²) in [7, 11) is 1.65. The second-order valence-corrected chi connectivity index (χ2v) is 4.16. The first-order chi connectivity index (χ1) is 6.97. The van der Waals surface area contributed by atoms with Crippen molar-refractivity contribution in [3.05, 3.63) is 0 Å². The summed E-state index contributed by atoms with van der Waals surface area (Å²) in [4.78, 5) is 12.9. The third kappa shape index (κ3) is 7.30. The normalized spacial score (nSPS) is 13.5. The van der Waals surface area contributed by atoms with Crippen LogP contribution in [0.4, 0.5) is 0 Å². The fourth-order valence-electron chi connectivity index (χ4n) is 1.36. The van der Waals surface area contributed by atoms with Crippen LogP contribution in [-0.2, 0) is 9.53 Å². The summed E-state index contributed by atoms with van der Waals surface area (Å²) >= 11 is 0. The Hall–Kier alpha value is -0.650. The molecule has 0 saturated carbocycles. The van der Waals surface area contributed by atoms with Crippen LogP contribution in [0, 0.1) is 5.92 Å². The van der Waals surface area contributed by atoms with Crippen LogP contribution in [0.25, 0.3) is 0 Å². The number of carbonyl (C=O) groups is 1. The van der Waals surface area contributed by atoms with Gasteiger partial charge >= 0.3 is 0 Å². The molecule has 0 aliphatic heterocycles. The van der Waals surface area contributed by atoms with Gasteiger partial charge in [0, 0.05) is 26.7 Å². The average molecular weight is 217 g/mol. The molecule has 4 N–H and O–H groups in total. The number of ether oxygens (including phenoxy) is 1. The highest BCUT2D eigenvalue weighted by molar-refractivity contribution is 5.79. The van der Waals surface area contributed by atoms with E-state index < -0.39 is 11.9 Å². The minimum absolute atomic E-state index is 0.457. The number of carbonyl (C=O) groups excluding carboxylic acids is 1. The first kappa shape index (κ1) is 14.3. The third-order valence-corrected chi connectivity index (χ3v) is 2.06. The van der Waals surface area contributed by atoms with Crippen molar-refractivity contribution in [1.82, 2.24) is 4.90 Å². The van der Waals surface area contributed by atoms with Gasteiger partial charge in [-0.05, 0) is 5.92 Å². The molecule has 1 amide bonds. The maximum Gasteiger partial charge on any atom is 0.235 e. The van der Waals surface area contributed by atoms with Gasteiger partial charge in [0.2, 0.25) is 5.91 Å². The van der Waals surface area contributed by atoms with Crippen LogP contribution in [0.3, 0.4) is 0 Å². The number of nitrogens with two attached hydrogens (primary N) is 2. The maximum absolute atomic E-state index is 10.8. The lowest BCUT2D eigenvalue weighted by atomic mass is 10.2. The predicted octanol–water partition coefficient (Wildman–Crippen LogP) is -0.597. The fraction of sp³-hybridized carbons (Fsp3) is 0.900. The molecule has 0 rings (SSSR count). The van der Waals surface area contributed by atoms with E-state index in [1.54, 1.807) is 7.11 Å². The minimum Gasteiger partial charge on any atom is -0.383 e. The van der Waals surface area contributed by atoms with Gasteiger partial charge in [-0.3, -0.25) is 9.69 Å². The molecule has 1 atom stereocenters. The molecule has 0 aromatic rings. The van der Waals surface area contributed by atoms with Crippen LogP contribution in [-0.4, -0.2) is 50.2 Å². The second kappa shape index (κ2) is 7.62. The van der Waals surface area contributed by atoms with Crippen molar-refractivity contribution in [3.63, 3.8) is 0 Å². The largest absolute Gasteiger partial charge is 0.383 e. The van der Waals surface area contributed by atoms with Crippen molar-refractivity contribution < 1.29 is 9.53 Å². The lowest BCUT2D eigenvalue weighted by Gasteiger charge is -2.25. The molecule has 15 heavy (non-hydrogen) atoms. The molecule has 0 saturated heterocycles. The van der Waals surface area contributed by atoms with Crippen LogP contribution < -0.4 is 11.5 Å². The van der Waals surface area contributed by atoms with Crippen molar-refractivity contribution in [1.29, 1.82) is 0 Å². The van der Waals surface area contributed by atoms with Gasteiger partial charge in [-0.15, -0.1) is 0 Å². The van der Waals surface area contributed by atoms with Gasteiger partial charge < -0.3 is 16.2 Å². The Morgan fingerprint density at radius 3 is 2.40 bits per heavy atom. The lowest BCUT2D eigenvalue weighted by molar-refractivity contribution is -0.119. The molecule has 0 aliphatic carbocycles. The number of hydrogen-bond acceptors (Lipinski definition) is 4. The number of rotatable bonds is 8. The van der Waals surface area contributed by atoms with Gasteiger partial charge in [0.1, 0.15) is 0 Å². The predicted molar refractivity (Wildman–Crippen MR) is 60.3 cm³/mol. The molecular weight excluding hydrogens is 194 g/mol. The first-order valence-electron chi connectivity index (χ1n) is 5.23. The molecule has 0 radical (unpaired) electrons. The smallest absolute Gasteiger partial charge is 0.235 e. The van der Waals surface area contributed by atoms with Gasteiger partial charge in [0.25, 0.3) is 0 Å². The van der Waals surface area contributed by atoms with Crippen molar-refractivity contribution >= 4 is 5.91 Å². The van der Waals surface area contributed by atoms with Gasteiger partial charge in [-0.1, -0.05) is 13.8 Å². The molecule has 0 fully saturated rings. The summed E-state index contributed by atoms with van der Waals surface area (Å²) < 4.78 is 5.00. The van der Waals surface area contributed by atoms with Crippen molar-refractivity contribution in [3.8, 4) is 0 Å². The van der Waals surface area contributed by atoms with E-state index in [1.807, 2.05) is 0 Å². The van der Waals surface area contributed by atoms with Crippen LogP contribution in [0.5, 0.6) is 0 Å². The monoisotopic (exact) mass is 217 g/mol. The molecule has 5 nitrogen and oxygen atoms in total. The zero-order chi connectivity index (χ0) is 11.8. The Morgan fingerprint density at radius 2 is 2.00 bits per heavy atom. The number of nitrogens with zero attached hydrogens (tertiary/aromatic N) is 1. The quantitative estimate of drug-likeness (QED) is 0.569. The molecular formula is C10H23N3O2. The zero-order valence-electron chi connectivity index (χ0n) is 9.90. The van der Waals surface area contributed by atoms with Crippen LogP contribution in [0.2, 0.25) is 0 Å². The molecule has 0 spiro atoms. The number of methoxy groups -OCH3 is 1. The second-order valence-electron chi connectivity index (χ2n) is 4.16. The van der Waals surface area contributed by atoms with Crippen LogP contribution in [0.15, 0.2) is 0 Å². The van der Waals surface area contributed by atoms with Gasteiger partial charge in [-0.25, -0.2) is 0 Å². The molecule has 1 unspecified atom stereocenters. The van der Waals surface area contributed by atoms with Crippen LogP contribution >= 0.6 is 0 Å². The standard InChI is InChI=1S/C10H23N3O2/c1-8(2)6-13(4-5-15-3)7-9(11)10(12)14/h8-9H,4-7,11H2,1-3H3,(H2,12,14). The molecule has 0 aromatic heterocycles. The van der Waals surface area contributed by atoms with Gasteiger partial charge in [-0.2, -0.15) is 0 Å². The molecule has 5 heteroatoms. The Kier molecular flexibility index (Phi) is 7.29. The summed E-state index contributed by atoms with van der Waals surface area (Å²) in [5.41, 5.74) is 10.7. The van der Waals surface area contributed by atoms with E-state index in [4.69, 9.17) is 16.2 Å². The lowest BCUT2D eigenvalue weighted by Crippen LogP contribution is -2.47. The highest BCUT2D eigenvalue weighted by atomic mass is 16.5. The summed E-state index contributed by atoms with van der Waals surface area (Å²) in [6.07, 6.45) is 0. The number of hydrogen-bond donors (Lipinski definition) is 2. The van der Waals surface area contributed by atoms with Crippen LogP contribution in [0.1, 0.15) is 13.8 Å². The number of primary amides is 1. The minimum atomic E-state index is -0.597. The summed E-state index contributed by atoms with van der Waals surface area (Å²) in [5.74, 6) is 0.0723. The fourth-order valence-corrected chi connectivity index (χ4v) is 1.36. The third-order valence-electron chi connectivity index (χ3n) is 2.06.